The molecule has 122 valence electrons. The molecule has 1 N–H and O–H groups in total. The van der Waals surface area contributed by atoms with E-state index in [-0.39, 0.29) is 11.2 Å². The Kier molecular flexibility index (Phi) is 6.35. The molecule has 0 aliphatic carbocycles. The molecule has 0 saturated carbocycles. The van der Waals surface area contributed by atoms with Crippen LogP contribution in [0.4, 0.5) is 5.69 Å². The average Bonchev–Trinajstić information content (AvgIpc) is 2.57. The lowest BCUT2D eigenvalue weighted by Gasteiger charge is -2.15. The van der Waals surface area contributed by atoms with Crippen molar-refractivity contribution >= 4 is 23.4 Å². The molecule has 0 aromatic heterocycles. The number of benzene rings is 2. The Hall–Kier alpha value is -2.14. The van der Waals surface area contributed by atoms with Crippen LogP contribution >= 0.6 is 11.8 Å². The van der Waals surface area contributed by atoms with Crippen LogP contribution in [0.25, 0.3) is 0 Å². The number of ether oxygens (including phenoxy) is 2. The van der Waals surface area contributed by atoms with Gasteiger partial charge in [-0.15, -0.1) is 11.8 Å². The maximum absolute atomic E-state index is 12.4. The van der Waals surface area contributed by atoms with E-state index in [4.69, 9.17) is 9.47 Å². The topological polar surface area (TPSA) is 47.6 Å². The zero-order valence-corrected chi connectivity index (χ0v) is 14.4. The minimum atomic E-state index is -0.239. The highest BCUT2D eigenvalue weighted by atomic mass is 32.2. The van der Waals surface area contributed by atoms with Gasteiger partial charge in [-0.3, -0.25) is 4.79 Å². The smallest absolute Gasteiger partial charge is 0.237 e. The van der Waals surface area contributed by atoms with Crippen LogP contribution in [0.3, 0.4) is 0 Å². The Morgan fingerprint density at radius 2 is 2.00 bits per heavy atom. The summed E-state index contributed by atoms with van der Waals surface area (Å²) in [6, 6.07) is 15.1. The second kappa shape index (κ2) is 8.48. The van der Waals surface area contributed by atoms with Gasteiger partial charge in [0.25, 0.3) is 0 Å². The third-order valence-corrected chi connectivity index (χ3v) is 4.26. The number of carbonyl (C=O) groups is 1. The Morgan fingerprint density at radius 3 is 2.74 bits per heavy atom. The molecule has 0 radical (unpaired) electrons. The highest BCUT2D eigenvalue weighted by Gasteiger charge is 2.16. The standard InChI is InChI=1S/C18H21NO3S/c1-4-22-17-11-6-5-10-16(17)19-18(20)13(2)23-15-9-7-8-14(12-15)21-3/h5-13H,4H2,1-3H3,(H,19,20). The lowest BCUT2D eigenvalue weighted by molar-refractivity contribution is -0.115. The number of thioether (sulfide) groups is 1. The minimum Gasteiger partial charge on any atom is -0.497 e. The zero-order chi connectivity index (χ0) is 16.7. The molecule has 2 aromatic carbocycles. The van der Waals surface area contributed by atoms with Crippen molar-refractivity contribution in [3.63, 3.8) is 0 Å². The van der Waals surface area contributed by atoms with Crippen LogP contribution in [0.15, 0.2) is 53.4 Å². The maximum atomic E-state index is 12.4. The van der Waals surface area contributed by atoms with Gasteiger partial charge in [-0.05, 0) is 44.2 Å². The zero-order valence-electron chi connectivity index (χ0n) is 13.5. The van der Waals surface area contributed by atoms with Gasteiger partial charge in [-0.2, -0.15) is 0 Å². The molecule has 0 saturated heterocycles. The van der Waals surface area contributed by atoms with Gasteiger partial charge in [0.05, 0.1) is 24.7 Å². The van der Waals surface area contributed by atoms with E-state index in [1.54, 1.807) is 7.11 Å². The summed E-state index contributed by atoms with van der Waals surface area (Å²) in [5, 5.41) is 2.69. The Morgan fingerprint density at radius 1 is 1.22 bits per heavy atom. The van der Waals surface area contributed by atoms with Crippen LogP contribution in [0.5, 0.6) is 11.5 Å². The molecule has 0 aliphatic heterocycles. The first-order valence-electron chi connectivity index (χ1n) is 7.47. The summed E-state index contributed by atoms with van der Waals surface area (Å²) in [7, 11) is 1.63. The average molecular weight is 331 g/mol. The van der Waals surface area contributed by atoms with Crippen molar-refractivity contribution in [1.82, 2.24) is 0 Å². The van der Waals surface area contributed by atoms with E-state index in [0.717, 1.165) is 10.6 Å². The number of rotatable bonds is 7. The van der Waals surface area contributed by atoms with E-state index >= 15 is 0 Å². The molecule has 1 atom stereocenters. The first-order chi connectivity index (χ1) is 11.1. The highest BCUT2D eigenvalue weighted by molar-refractivity contribution is 8.00. The van der Waals surface area contributed by atoms with Gasteiger partial charge >= 0.3 is 0 Å². The van der Waals surface area contributed by atoms with Crippen molar-refractivity contribution in [2.24, 2.45) is 0 Å². The van der Waals surface area contributed by atoms with Gasteiger partial charge in [0.2, 0.25) is 5.91 Å². The largest absolute Gasteiger partial charge is 0.497 e. The summed E-state index contributed by atoms with van der Waals surface area (Å²) in [6.45, 7) is 4.35. The van der Waals surface area contributed by atoms with Crippen molar-refractivity contribution in [2.75, 3.05) is 19.0 Å². The molecule has 0 fully saturated rings. The molecule has 0 spiro atoms. The number of hydrogen-bond donors (Lipinski definition) is 1. The molecule has 0 aliphatic rings. The fraction of sp³-hybridized carbons (Fsp3) is 0.278. The lowest BCUT2D eigenvalue weighted by atomic mass is 10.3. The molecule has 4 nitrogen and oxygen atoms in total. The molecule has 0 heterocycles. The fourth-order valence-corrected chi connectivity index (χ4v) is 2.93. The summed E-state index contributed by atoms with van der Waals surface area (Å²) in [4.78, 5) is 13.4. The van der Waals surface area contributed by atoms with Crippen LogP contribution in [-0.2, 0) is 4.79 Å². The van der Waals surface area contributed by atoms with Crippen molar-refractivity contribution in [1.29, 1.82) is 0 Å². The van der Waals surface area contributed by atoms with Crippen molar-refractivity contribution in [3.05, 3.63) is 48.5 Å². The van der Waals surface area contributed by atoms with Gasteiger partial charge in [0.1, 0.15) is 11.5 Å². The molecule has 5 heteroatoms. The van der Waals surface area contributed by atoms with E-state index < -0.39 is 0 Å². The van der Waals surface area contributed by atoms with E-state index in [9.17, 15) is 4.79 Å². The molecular formula is C18H21NO3S. The minimum absolute atomic E-state index is 0.0648. The number of hydrogen-bond acceptors (Lipinski definition) is 4. The van der Waals surface area contributed by atoms with Crippen LogP contribution in [-0.4, -0.2) is 24.9 Å². The predicted octanol–water partition coefficient (Wildman–Crippen LogP) is 4.21. The molecular weight excluding hydrogens is 310 g/mol. The van der Waals surface area contributed by atoms with Crippen molar-refractivity contribution in [3.8, 4) is 11.5 Å². The number of amides is 1. The summed E-state index contributed by atoms with van der Waals surface area (Å²) < 4.78 is 10.7. The van der Waals surface area contributed by atoms with Gasteiger partial charge in [0.15, 0.2) is 0 Å². The molecule has 0 bridgehead atoms. The third kappa shape index (κ3) is 4.93. The Labute approximate surface area is 141 Å². The van der Waals surface area contributed by atoms with E-state index in [2.05, 4.69) is 5.32 Å². The molecule has 23 heavy (non-hydrogen) atoms. The summed E-state index contributed by atoms with van der Waals surface area (Å²) in [5.41, 5.74) is 0.692. The molecule has 1 amide bonds. The van der Waals surface area contributed by atoms with Gasteiger partial charge in [-0.25, -0.2) is 0 Å². The van der Waals surface area contributed by atoms with E-state index in [1.165, 1.54) is 11.8 Å². The van der Waals surface area contributed by atoms with Crippen LogP contribution in [0.1, 0.15) is 13.8 Å². The lowest BCUT2D eigenvalue weighted by Crippen LogP contribution is -2.22. The molecule has 2 aromatic rings. The van der Waals surface area contributed by atoms with Gasteiger partial charge < -0.3 is 14.8 Å². The second-order valence-corrected chi connectivity index (χ2v) is 6.27. The van der Waals surface area contributed by atoms with Crippen molar-refractivity contribution in [2.45, 2.75) is 24.0 Å². The molecule has 1 unspecified atom stereocenters. The third-order valence-electron chi connectivity index (χ3n) is 3.17. The van der Waals surface area contributed by atoms with Gasteiger partial charge in [-0.1, -0.05) is 18.2 Å². The van der Waals surface area contributed by atoms with Crippen LogP contribution in [0.2, 0.25) is 0 Å². The first kappa shape index (κ1) is 17.2. The maximum Gasteiger partial charge on any atom is 0.237 e. The number of carbonyl (C=O) groups excluding carboxylic acids is 1. The van der Waals surface area contributed by atoms with Crippen LogP contribution in [0, 0.1) is 0 Å². The van der Waals surface area contributed by atoms with Crippen molar-refractivity contribution < 1.29 is 14.3 Å². The Balaban J connectivity index is 2.02. The SMILES string of the molecule is CCOc1ccccc1NC(=O)C(C)Sc1cccc(OC)c1. The second-order valence-electron chi connectivity index (χ2n) is 4.86. The predicted molar refractivity (Wildman–Crippen MR) is 94.6 cm³/mol. The van der Waals surface area contributed by atoms with Crippen LogP contribution < -0.4 is 14.8 Å². The number of para-hydroxylation sites is 2. The van der Waals surface area contributed by atoms with E-state index in [0.29, 0.717) is 18.0 Å². The van der Waals surface area contributed by atoms with E-state index in [1.807, 2.05) is 62.4 Å². The first-order valence-corrected chi connectivity index (χ1v) is 8.35. The summed E-state index contributed by atoms with van der Waals surface area (Å²) >= 11 is 1.49. The highest BCUT2D eigenvalue weighted by Crippen LogP contribution is 2.29. The molecule has 2 rings (SSSR count). The van der Waals surface area contributed by atoms with Gasteiger partial charge in [0, 0.05) is 4.90 Å². The summed E-state index contributed by atoms with van der Waals surface area (Å²) in [5.74, 6) is 1.40. The Bertz CT molecular complexity index is 660. The number of nitrogens with one attached hydrogen (secondary N) is 1. The quantitative estimate of drug-likeness (QED) is 0.772. The number of anilines is 1. The monoisotopic (exact) mass is 331 g/mol. The normalized spacial score (nSPS) is 11.6. The fourth-order valence-electron chi connectivity index (χ4n) is 2.02. The number of methoxy groups -OCH3 is 1. The summed E-state index contributed by atoms with van der Waals surface area (Å²) in [6.07, 6.45) is 0.